The first-order valence-electron chi connectivity index (χ1n) is 13.5. The fraction of sp³-hybridized carbons (Fsp3) is 0.483. The summed E-state index contributed by atoms with van der Waals surface area (Å²) in [7, 11) is 1.56. The molecule has 1 aromatic carbocycles. The summed E-state index contributed by atoms with van der Waals surface area (Å²) in [6.45, 7) is 0.0652. The minimum Gasteiger partial charge on any atom is -0.493 e. The molecule has 1 aromatic heterocycles. The van der Waals surface area contributed by atoms with Crippen LogP contribution >= 0.6 is 11.8 Å². The summed E-state index contributed by atoms with van der Waals surface area (Å²) < 4.78 is 16.6. The average molecular weight is 539 g/mol. The Bertz CT molecular complexity index is 1220. The van der Waals surface area contributed by atoms with Crippen molar-refractivity contribution in [3.05, 3.63) is 52.3 Å². The number of carboxylic acids is 1. The molecule has 2 saturated carbocycles. The van der Waals surface area contributed by atoms with Crippen molar-refractivity contribution in [2.75, 3.05) is 7.11 Å². The van der Waals surface area contributed by atoms with Gasteiger partial charge in [-0.1, -0.05) is 44.6 Å². The van der Waals surface area contributed by atoms with E-state index < -0.39 is 5.97 Å². The third-order valence-corrected chi connectivity index (χ3v) is 8.37. The lowest BCUT2D eigenvalue weighted by atomic mass is 9.94. The molecule has 0 atom stereocenters. The van der Waals surface area contributed by atoms with Gasteiger partial charge in [-0.25, -0.2) is 4.79 Å². The molecule has 2 heterocycles. The summed E-state index contributed by atoms with van der Waals surface area (Å²) >= 11 is 1.49. The normalized spacial score (nSPS) is 21.4. The smallest absolute Gasteiger partial charge is 0.371 e. The van der Waals surface area contributed by atoms with Gasteiger partial charge < -0.3 is 19.0 Å². The lowest BCUT2D eigenvalue weighted by molar-refractivity contribution is -0.124. The maximum absolute atomic E-state index is 13.6. The molecule has 0 spiro atoms. The number of thioether (sulfide) groups is 1. The summed E-state index contributed by atoms with van der Waals surface area (Å²) in [5, 5.41) is 9.89. The molecule has 2 aromatic rings. The number of hydrogen-bond donors (Lipinski definition) is 1. The number of aromatic carboxylic acids is 1. The van der Waals surface area contributed by atoms with Gasteiger partial charge in [-0.3, -0.25) is 14.7 Å². The van der Waals surface area contributed by atoms with E-state index in [0.717, 1.165) is 49.3 Å². The third-order valence-electron chi connectivity index (χ3n) is 7.37. The summed E-state index contributed by atoms with van der Waals surface area (Å²) in [5.41, 5.74) is 0.832. The molecule has 38 heavy (non-hydrogen) atoms. The van der Waals surface area contributed by atoms with E-state index in [-0.39, 0.29) is 24.3 Å². The van der Waals surface area contributed by atoms with E-state index in [2.05, 4.69) is 0 Å². The zero-order chi connectivity index (χ0) is 26.5. The van der Waals surface area contributed by atoms with Crippen LogP contribution in [0.1, 0.15) is 86.1 Å². The number of ether oxygens (including phenoxy) is 2. The minimum absolute atomic E-state index is 0.0443. The number of furan rings is 1. The molecule has 3 aliphatic rings. The van der Waals surface area contributed by atoms with Gasteiger partial charge in [0.25, 0.3) is 5.91 Å². The van der Waals surface area contributed by atoms with E-state index in [4.69, 9.17) is 24.0 Å². The van der Waals surface area contributed by atoms with Crippen molar-refractivity contribution in [2.24, 2.45) is 4.99 Å². The van der Waals surface area contributed by atoms with Gasteiger partial charge in [0, 0.05) is 6.04 Å². The SMILES string of the molecule is COc1cc(/C=C2\SC(=NC3CCCCC3)N(C3CCCCC3)C2=O)ccc1OCc1ccc(C(=O)O)o1. The van der Waals surface area contributed by atoms with Crippen LogP contribution in [0.25, 0.3) is 6.08 Å². The monoisotopic (exact) mass is 538 g/mol. The lowest BCUT2D eigenvalue weighted by Gasteiger charge is -2.31. The van der Waals surface area contributed by atoms with Crippen LogP contribution in [0.5, 0.6) is 11.5 Å². The second-order valence-electron chi connectivity index (χ2n) is 10.1. The van der Waals surface area contributed by atoms with Crippen LogP contribution in [0.3, 0.4) is 0 Å². The number of benzene rings is 1. The van der Waals surface area contributed by atoms with Gasteiger partial charge in [0.15, 0.2) is 16.7 Å². The number of carbonyl (C=O) groups is 2. The Kier molecular flexibility index (Phi) is 8.42. The largest absolute Gasteiger partial charge is 0.493 e. The number of nitrogens with zero attached hydrogens (tertiary/aromatic N) is 2. The van der Waals surface area contributed by atoms with Gasteiger partial charge in [-0.05, 0) is 73.4 Å². The summed E-state index contributed by atoms with van der Waals surface area (Å²) in [6.07, 6.45) is 13.4. The van der Waals surface area contributed by atoms with E-state index in [1.165, 1.54) is 43.5 Å². The highest BCUT2D eigenvalue weighted by Crippen LogP contribution is 2.39. The quantitative estimate of drug-likeness (QED) is 0.383. The van der Waals surface area contributed by atoms with E-state index in [1.54, 1.807) is 19.2 Å². The molecule has 3 fully saturated rings. The van der Waals surface area contributed by atoms with Crippen molar-refractivity contribution < 1.29 is 28.6 Å². The third kappa shape index (κ3) is 6.09. The topological polar surface area (TPSA) is 102 Å². The van der Waals surface area contributed by atoms with Crippen LogP contribution in [0.4, 0.5) is 0 Å². The first kappa shape index (κ1) is 26.4. The minimum atomic E-state index is -1.13. The fourth-order valence-electron chi connectivity index (χ4n) is 5.37. The maximum Gasteiger partial charge on any atom is 0.371 e. The first-order chi connectivity index (χ1) is 18.5. The molecule has 1 N–H and O–H groups in total. The van der Waals surface area contributed by atoms with Crippen LogP contribution in [-0.4, -0.2) is 46.2 Å². The van der Waals surface area contributed by atoms with Gasteiger partial charge in [-0.15, -0.1) is 0 Å². The maximum atomic E-state index is 13.6. The van der Waals surface area contributed by atoms with Crippen molar-refractivity contribution in [3.8, 4) is 11.5 Å². The number of carbonyl (C=O) groups excluding carboxylic acids is 1. The van der Waals surface area contributed by atoms with E-state index >= 15 is 0 Å². The highest BCUT2D eigenvalue weighted by molar-refractivity contribution is 8.18. The summed E-state index contributed by atoms with van der Waals surface area (Å²) in [4.78, 5) is 32.4. The second-order valence-corrected chi connectivity index (χ2v) is 11.1. The molecule has 0 radical (unpaired) electrons. The van der Waals surface area contributed by atoms with Crippen LogP contribution in [0.2, 0.25) is 0 Å². The van der Waals surface area contributed by atoms with E-state index in [1.807, 2.05) is 23.1 Å². The van der Waals surface area contributed by atoms with Gasteiger partial charge in [-0.2, -0.15) is 0 Å². The van der Waals surface area contributed by atoms with Gasteiger partial charge in [0.05, 0.1) is 18.1 Å². The molecule has 1 saturated heterocycles. The molecular formula is C29H34N2O6S. The molecule has 5 rings (SSSR count). The Hall–Kier alpha value is -3.20. The standard InChI is InChI=1S/C29H34N2O6S/c1-35-25-16-19(12-14-23(25)36-18-22-13-15-24(37-22)28(33)34)17-26-27(32)31(21-10-6-3-7-11-21)29(38-26)30-20-8-4-2-5-9-20/h12-17,20-21H,2-11,18H2,1H3,(H,33,34)/b26-17-,30-29?. The number of carboxylic acid groups (broad SMARTS) is 1. The average Bonchev–Trinajstić information content (AvgIpc) is 3.53. The fourth-order valence-corrected chi connectivity index (χ4v) is 6.48. The number of amides is 1. The van der Waals surface area contributed by atoms with Crippen LogP contribution in [0.15, 0.2) is 44.6 Å². The van der Waals surface area contributed by atoms with Gasteiger partial charge in [0.1, 0.15) is 12.4 Å². The van der Waals surface area contributed by atoms with Crippen LogP contribution < -0.4 is 9.47 Å². The Morgan fingerprint density at radius 3 is 2.50 bits per heavy atom. The molecule has 8 nitrogen and oxygen atoms in total. The van der Waals surface area contributed by atoms with E-state index in [0.29, 0.717) is 28.2 Å². The molecule has 0 unspecified atom stereocenters. The number of amidine groups is 1. The number of rotatable bonds is 8. The highest BCUT2D eigenvalue weighted by atomic mass is 32.2. The Morgan fingerprint density at radius 1 is 1.08 bits per heavy atom. The first-order valence-corrected chi connectivity index (χ1v) is 14.3. The van der Waals surface area contributed by atoms with E-state index in [9.17, 15) is 9.59 Å². The van der Waals surface area contributed by atoms with Crippen molar-refractivity contribution in [3.63, 3.8) is 0 Å². The summed E-state index contributed by atoms with van der Waals surface area (Å²) in [5.74, 6) is 0.195. The zero-order valence-corrected chi connectivity index (χ0v) is 22.5. The molecule has 1 aliphatic heterocycles. The predicted molar refractivity (Wildman–Crippen MR) is 147 cm³/mol. The number of methoxy groups -OCH3 is 1. The Labute approximate surface area is 227 Å². The molecule has 1 amide bonds. The molecule has 9 heteroatoms. The molecule has 0 bridgehead atoms. The van der Waals surface area contributed by atoms with Gasteiger partial charge >= 0.3 is 5.97 Å². The van der Waals surface area contributed by atoms with Crippen LogP contribution in [0, 0.1) is 0 Å². The molecule has 202 valence electrons. The van der Waals surface area contributed by atoms with Crippen LogP contribution in [-0.2, 0) is 11.4 Å². The lowest BCUT2D eigenvalue weighted by Crippen LogP contribution is -2.41. The Balaban J connectivity index is 1.34. The zero-order valence-electron chi connectivity index (χ0n) is 21.7. The van der Waals surface area contributed by atoms with Crippen molar-refractivity contribution in [1.82, 2.24) is 4.90 Å². The van der Waals surface area contributed by atoms with Gasteiger partial charge in [0.2, 0.25) is 5.76 Å². The number of aliphatic imine (C=N–C) groups is 1. The summed E-state index contributed by atoms with van der Waals surface area (Å²) in [6, 6.07) is 9.00. The van der Waals surface area contributed by atoms with Crippen molar-refractivity contribution in [2.45, 2.75) is 82.9 Å². The Morgan fingerprint density at radius 2 is 1.82 bits per heavy atom. The van der Waals surface area contributed by atoms with Crippen molar-refractivity contribution in [1.29, 1.82) is 0 Å². The predicted octanol–water partition coefficient (Wildman–Crippen LogP) is 6.50. The molecular weight excluding hydrogens is 504 g/mol. The second kappa shape index (κ2) is 12.1. The van der Waals surface area contributed by atoms with Crippen molar-refractivity contribution >= 4 is 34.9 Å². The number of hydrogen-bond acceptors (Lipinski definition) is 7. The molecule has 2 aliphatic carbocycles. The highest BCUT2D eigenvalue weighted by Gasteiger charge is 2.39.